The van der Waals surface area contributed by atoms with Crippen molar-refractivity contribution in [3.05, 3.63) is 29.8 Å². The van der Waals surface area contributed by atoms with E-state index in [1.54, 1.807) is 0 Å². The van der Waals surface area contributed by atoms with E-state index in [0.29, 0.717) is 12.6 Å². The van der Waals surface area contributed by atoms with Crippen molar-refractivity contribution < 1.29 is 4.74 Å². The summed E-state index contributed by atoms with van der Waals surface area (Å²) in [5, 5.41) is 3.31. The molecule has 1 rings (SSSR count). The fraction of sp³-hybridized carbons (Fsp3) is 0.538. The van der Waals surface area contributed by atoms with Gasteiger partial charge in [0, 0.05) is 6.04 Å². The molecule has 1 aromatic rings. The Kier molecular flexibility index (Phi) is 5.90. The zero-order valence-electron chi connectivity index (χ0n) is 10.2. The number of rotatable bonds is 7. The van der Waals surface area contributed by atoms with Crippen LogP contribution in [0.1, 0.15) is 31.4 Å². The maximum absolute atomic E-state index is 5.53. The van der Waals surface area contributed by atoms with Gasteiger partial charge in [0.25, 0.3) is 0 Å². The highest BCUT2D eigenvalue weighted by molar-refractivity contribution is 5.29. The SMILES string of the molecule is CCOc1ccc(C(CCCN)NC)cc1. The van der Waals surface area contributed by atoms with E-state index >= 15 is 0 Å². The molecule has 0 heterocycles. The molecule has 0 saturated heterocycles. The predicted octanol–water partition coefficient (Wildman–Crippen LogP) is 2.08. The monoisotopic (exact) mass is 222 g/mol. The Balaban J connectivity index is 2.62. The molecular weight excluding hydrogens is 200 g/mol. The summed E-state index contributed by atoms with van der Waals surface area (Å²) in [6, 6.07) is 8.65. The van der Waals surface area contributed by atoms with E-state index in [1.807, 2.05) is 26.1 Å². The van der Waals surface area contributed by atoms with Crippen LogP contribution < -0.4 is 15.8 Å². The molecule has 0 aromatic heterocycles. The Hall–Kier alpha value is -1.06. The largest absolute Gasteiger partial charge is 0.494 e. The second-order valence-electron chi connectivity index (χ2n) is 3.77. The second kappa shape index (κ2) is 7.25. The number of hydrogen-bond donors (Lipinski definition) is 2. The van der Waals surface area contributed by atoms with Crippen molar-refractivity contribution in [2.75, 3.05) is 20.2 Å². The molecule has 0 aliphatic carbocycles. The number of hydrogen-bond acceptors (Lipinski definition) is 3. The Labute approximate surface area is 98.0 Å². The highest BCUT2D eigenvalue weighted by Crippen LogP contribution is 2.20. The maximum Gasteiger partial charge on any atom is 0.119 e. The molecule has 90 valence electrons. The van der Waals surface area contributed by atoms with Crippen molar-refractivity contribution in [1.29, 1.82) is 0 Å². The fourth-order valence-electron chi connectivity index (χ4n) is 1.76. The summed E-state index contributed by atoms with van der Waals surface area (Å²) in [6.07, 6.45) is 2.11. The van der Waals surface area contributed by atoms with E-state index < -0.39 is 0 Å². The summed E-state index contributed by atoms with van der Waals surface area (Å²) >= 11 is 0. The van der Waals surface area contributed by atoms with E-state index in [1.165, 1.54) is 5.56 Å². The first kappa shape index (κ1) is 13.0. The zero-order valence-corrected chi connectivity index (χ0v) is 10.2. The molecule has 1 unspecified atom stereocenters. The van der Waals surface area contributed by atoms with E-state index in [2.05, 4.69) is 17.4 Å². The van der Waals surface area contributed by atoms with Gasteiger partial charge in [-0.15, -0.1) is 0 Å². The first-order chi connectivity index (χ1) is 7.81. The quantitative estimate of drug-likeness (QED) is 0.742. The average Bonchev–Trinajstić information content (AvgIpc) is 2.32. The topological polar surface area (TPSA) is 47.3 Å². The molecule has 0 amide bonds. The lowest BCUT2D eigenvalue weighted by Gasteiger charge is -2.16. The summed E-state index contributed by atoms with van der Waals surface area (Å²) in [5.74, 6) is 0.930. The Morgan fingerprint density at radius 3 is 2.50 bits per heavy atom. The van der Waals surface area contributed by atoms with E-state index in [4.69, 9.17) is 10.5 Å². The predicted molar refractivity (Wildman–Crippen MR) is 67.7 cm³/mol. The molecule has 0 aliphatic rings. The normalized spacial score (nSPS) is 12.4. The molecule has 0 fully saturated rings. The third-order valence-electron chi connectivity index (χ3n) is 2.64. The van der Waals surface area contributed by atoms with Gasteiger partial charge in [-0.25, -0.2) is 0 Å². The standard InChI is InChI=1S/C13H22N2O/c1-3-16-12-8-6-11(7-9-12)13(15-2)5-4-10-14/h6-9,13,15H,3-5,10,14H2,1-2H3. The van der Waals surface area contributed by atoms with Gasteiger partial charge < -0.3 is 15.8 Å². The van der Waals surface area contributed by atoms with Gasteiger partial charge in [0.1, 0.15) is 5.75 Å². The van der Waals surface area contributed by atoms with Crippen LogP contribution in [0.3, 0.4) is 0 Å². The number of nitrogens with one attached hydrogen (secondary N) is 1. The van der Waals surface area contributed by atoms with Crippen LogP contribution in [0.5, 0.6) is 5.75 Å². The molecule has 0 spiro atoms. The Morgan fingerprint density at radius 2 is 2.00 bits per heavy atom. The third kappa shape index (κ3) is 3.83. The van der Waals surface area contributed by atoms with Crippen molar-refractivity contribution in [1.82, 2.24) is 5.32 Å². The first-order valence-corrected chi connectivity index (χ1v) is 5.92. The van der Waals surface area contributed by atoms with Crippen molar-refractivity contribution in [3.63, 3.8) is 0 Å². The van der Waals surface area contributed by atoms with Gasteiger partial charge in [-0.1, -0.05) is 12.1 Å². The summed E-state index contributed by atoms with van der Waals surface area (Å²) in [5.41, 5.74) is 6.82. The second-order valence-corrected chi connectivity index (χ2v) is 3.77. The van der Waals surface area contributed by atoms with Crippen LogP contribution in [0.25, 0.3) is 0 Å². The van der Waals surface area contributed by atoms with Crippen LogP contribution in [0.2, 0.25) is 0 Å². The van der Waals surface area contributed by atoms with Gasteiger partial charge in [-0.05, 0) is 51.1 Å². The van der Waals surface area contributed by atoms with Crippen LogP contribution >= 0.6 is 0 Å². The number of benzene rings is 1. The van der Waals surface area contributed by atoms with Gasteiger partial charge in [-0.2, -0.15) is 0 Å². The molecule has 1 atom stereocenters. The van der Waals surface area contributed by atoms with Crippen LogP contribution in [0, 0.1) is 0 Å². The zero-order chi connectivity index (χ0) is 11.8. The highest BCUT2D eigenvalue weighted by Gasteiger charge is 2.08. The van der Waals surface area contributed by atoms with Crippen molar-refractivity contribution in [3.8, 4) is 5.75 Å². The van der Waals surface area contributed by atoms with E-state index in [9.17, 15) is 0 Å². The Bertz CT molecular complexity index is 284. The number of nitrogens with two attached hydrogens (primary N) is 1. The molecule has 0 bridgehead atoms. The van der Waals surface area contributed by atoms with Gasteiger partial charge in [-0.3, -0.25) is 0 Å². The summed E-state index contributed by atoms with van der Waals surface area (Å²) < 4.78 is 5.41. The van der Waals surface area contributed by atoms with Gasteiger partial charge in [0.2, 0.25) is 0 Å². The lowest BCUT2D eigenvalue weighted by molar-refractivity contribution is 0.340. The van der Waals surface area contributed by atoms with Gasteiger partial charge in [0.05, 0.1) is 6.61 Å². The molecule has 3 N–H and O–H groups in total. The van der Waals surface area contributed by atoms with Crippen LogP contribution in [0.4, 0.5) is 0 Å². The summed E-state index contributed by atoms with van der Waals surface area (Å²) in [4.78, 5) is 0. The number of ether oxygens (including phenoxy) is 1. The van der Waals surface area contributed by atoms with Crippen LogP contribution in [-0.4, -0.2) is 20.2 Å². The minimum atomic E-state index is 0.388. The maximum atomic E-state index is 5.53. The minimum absolute atomic E-state index is 0.388. The molecule has 0 radical (unpaired) electrons. The van der Waals surface area contributed by atoms with E-state index in [-0.39, 0.29) is 0 Å². The minimum Gasteiger partial charge on any atom is -0.494 e. The van der Waals surface area contributed by atoms with Crippen molar-refractivity contribution in [2.24, 2.45) is 5.73 Å². The first-order valence-electron chi connectivity index (χ1n) is 5.92. The molecule has 0 aliphatic heterocycles. The van der Waals surface area contributed by atoms with Crippen LogP contribution in [0.15, 0.2) is 24.3 Å². The highest BCUT2D eigenvalue weighted by atomic mass is 16.5. The molecule has 3 heteroatoms. The molecule has 0 saturated carbocycles. The van der Waals surface area contributed by atoms with Crippen molar-refractivity contribution >= 4 is 0 Å². The molecule has 16 heavy (non-hydrogen) atoms. The molecular formula is C13H22N2O. The molecule has 3 nitrogen and oxygen atoms in total. The summed E-state index contributed by atoms with van der Waals surface area (Å²) in [7, 11) is 1.98. The lowest BCUT2D eigenvalue weighted by Crippen LogP contribution is -2.17. The van der Waals surface area contributed by atoms with Gasteiger partial charge in [0.15, 0.2) is 0 Å². The van der Waals surface area contributed by atoms with E-state index in [0.717, 1.165) is 25.1 Å². The van der Waals surface area contributed by atoms with Crippen LogP contribution in [-0.2, 0) is 0 Å². The summed E-state index contributed by atoms with van der Waals surface area (Å²) in [6.45, 7) is 3.45. The third-order valence-corrected chi connectivity index (χ3v) is 2.64. The smallest absolute Gasteiger partial charge is 0.119 e. The van der Waals surface area contributed by atoms with Gasteiger partial charge >= 0.3 is 0 Å². The fourth-order valence-corrected chi connectivity index (χ4v) is 1.76. The van der Waals surface area contributed by atoms with Crippen molar-refractivity contribution in [2.45, 2.75) is 25.8 Å². The average molecular weight is 222 g/mol. The molecule has 1 aromatic carbocycles. The Morgan fingerprint density at radius 1 is 1.31 bits per heavy atom. The lowest BCUT2D eigenvalue weighted by atomic mass is 10.0.